The zero-order chi connectivity index (χ0) is 16.5. The normalized spacial score (nSPS) is 15.2. The Morgan fingerprint density at radius 3 is 2.54 bits per heavy atom. The second-order valence-electron chi connectivity index (χ2n) is 6.24. The van der Waals surface area contributed by atoms with Crippen LogP contribution in [-0.4, -0.2) is 36.1 Å². The molecule has 3 aromatic rings. The molecule has 0 spiro atoms. The highest BCUT2D eigenvalue weighted by molar-refractivity contribution is 7.18. The lowest BCUT2D eigenvalue weighted by Gasteiger charge is -2.37. The van der Waals surface area contributed by atoms with Crippen LogP contribution >= 0.6 is 11.3 Å². The Morgan fingerprint density at radius 2 is 1.79 bits per heavy atom. The van der Waals surface area contributed by atoms with Crippen molar-refractivity contribution in [2.45, 2.75) is 20.3 Å². The Balaban J connectivity index is 1.56. The van der Waals surface area contributed by atoms with E-state index in [1.165, 1.54) is 21.5 Å². The molecule has 24 heavy (non-hydrogen) atoms. The Kier molecular flexibility index (Phi) is 4.10. The van der Waals surface area contributed by atoms with Gasteiger partial charge < -0.3 is 9.80 Å². The van der Waals surface area contributed by atoms with E-state index in [4.69, 9.17) is 0 Å². The smallest absolute Gasteiger partial charge is 0.140 e. The Morgan fingerprint density at radius 1 is 1.04 bits per heavy atom. The van der Waals surface area contributed by atoms with Gasteiger partial charge in [0.2, 0.25) is 0 Å². The van der Waals surface area contributed by atoms with Gasteiger partial charge in [-0.05, 0) is 31.0 Å². The van der Waals surface area contributed by atoms with Crippen LogP contribution < -0.4 is 9.80 Å². The first-order chi connectivity index (χ1) is 11.8. The lowest BCUT2D eigenvalue weighted by atomic mass is 10.1. The van der Waals surface area contributed by atoms with E-state index in [0.29, 0.717) is 0 Å². The van der Waals surface area contributed by atoms with Gasteiger partial charge in [0.15, 0.2) is 0 Å². The van der Waals surface area contributed by atoms with E-state index in [2.05, 4.69) is 63.9 Å². The maximum atomic E-state index is 4.60. The van der Waals surface area contributed by atoms with Crippen molar-refractivity contribution in [3.8, 4) is 0 Å². The second-order valence-corrected chi connectivity index (χ2v) is 7.36. The monoisotopic (exact) mass is 338 g/mol. The third kappa shape index (κ3) is 2.73. The number of anilines is 2. The van der Waals surface area contributed by atoms with Gasteiger partial charge in [0.1, 0.15) is 17.0 Å². The van der Waals surface area contributed by atoms with Crippen molar-refractivity contribution >= 4 is 33.1 Å². The van der Waals surface area contributed by atoms with E-state index >= 15 is 0 Å². The molecule has 5 heteroatoms. The van der Waals surface area contributed by atoms with Crippen molar-refractivity contribution < 1.29 is 0 Å². The van der Waals surface area contributed by atoms with Gasteiger partial charge in [0, 0.05) is 36.7 Å². The summed E-state index contributed by atoms with van der Waals surface area (Å²) >= 11 is 1.79. The number of hydrogen-bond acceptors (Lipinski definition) is 5. The highest BCUT2D eigenvalue weighted by Crippen LogP contribution is 2.31. The second kappa shape index (κ2) is 6.40. The number of nitrogens with zero attached hydrogens (tertiary/aromatic N) is 4. The minimum atomic E-state index is 0.998. The van der Waals surface area contributed by atoms with Gasteiger partial charge in [-0.3, -0.25) is 0 Å². The van der Waals surface area contributed by atoms with Gasteiger partial charge in [-0.1, -0.05) is 25.1 Å². The van der Waals surface area contributed by atoms with Gasteiger partial charge in [0.05, 0.1) is 5.39 Å². The molecule has 0 unspecified atom stereocenters. The van der Waals surface area contributed by atoms with Crippen LogP contribution in [0, 0.1) is 6.92 Å². The van der Waals surface area contributed by atoms with Crippen LogP contribution in [-0.2, 0) is 6.42 Å². The van der Waals surface area contributed by atoms with E-state index in [9.17, 15) is 0 Å². The summed E-state index contributed by atoms with van der Waals surface area (Å²) in [5.41, 5.74) is 2.70. The summed E-state index contributed by atoms with van der Waals surface area (Å²) < 4.78 is 0. The molecule has 0 radical (unpaired) electrons. The maximum Gasteiger partial charge on any atom is 0.140 e. The Bertz CT molecular complexity index is 849. The number of piperazine rings is 1. The lowest BCUT2D eigenvalue weighted by Crippen LogP contribution is -2.47. The van der Waals surface area contributed by atoms with Crippen LogP contribution in [0.1, 0.15) is 17.4 Å². The average molecular weight is 338 g/mol. The molecule has 1 aromatic carbocycles. The van der Waals surface area contributed by atoms with Crippen molar-refractivity contribution in [1.82, 2.24) is 9.97 Å². The summed E-state index contributed by atoms with van der Waals surface area (Å²) in [6.07, 6.45) is 2.77. The Hall–Kier alpha value is -2.14. The van der Waals surface area contributed by atoms with Crippen LogP contribution in [0.3, 0.4) is 0 Å². The van der Waals surface area contributed by atoms with Crippen molar-refractivity contribution in [1.29, 1.82) is 0 Å². The SMILES string of the molecule is CCc1cc2c(N3CCN(c4ccccc4C)CC3)ncnc2s1. The molecule has 3 heterocycles. The molecule has 124 valence electrons. The number of rotatable bonds is 3. The molecule has 4 nitrogen and oxygen atoms in total. The highest BCUT2D eigenvalue weighted by atomic mass is 32.1. The molecule has 1 fully saturated rings. The molecule has 1 saturated heterocycles. The third-order valence-corrected chi connectivity index (χ3v) is 5.93. The number of thiophene rings is 1. The number of aryl methyl sites for hydroxylation is 2. The predicted molar refractivity (Wildman–Crippen MR) is 102 cm³/mol. The number of para-hydroxylation sites is 1. The first-order valence-electron chi connectivity index (χ1n) is 8.55. The molecule has 0 atom stereocenters. The fourth-order valence-electron chi connectivity index (χ4n) is 3.40. The van der Waals surface area contributed by atoms with Gasteiger partial charge in [-0.25, -0.2) is 9.97 Å². The van der Waals surface area contributed by atoms with Crippen molar-refractivity contribution in [3.63, 3.8) is 0 Å². The Labute approximate surface area is 146 Å². The zero-order valence-electron chi connectivity index (χ0n) is 14.2. The van der Waals surface area contributed by atoms with E-state index < -0.39 is 0 Å². The lowest BCUT2D eigenvalue weighted by molar-refractivity contribution is 0.648. The zero-order valence-corrected chi connectivity index (χ0v) is 15.0. The molecule has 0 saturated carbocycles. The van der Waals surface area contributed by atoms with Crippen molar-refractivity contribution in [2.75, 3.05) is 36.0 Å². The van der Waals surface area contributed by atoms with Crippen LogP contribution in [0.5, 0.6) is 0 Å². The molecule has 4 rings (SSSR count). The van der Waals surface area contributed by atoms with Crippen LogP contribution in [0.2, 0.25) is 0 Å². The van der Waals surface area contributed by atoms with Gasteiger partial charge in [-0.15, -0.1) is 11.3 Å². The first-order valence-corrected chi connectivity index (χ1v) is 9.37. The average Bonchev–Trinajstić information content (AvgIpc) is 3.06. The molecule has 0 N–H and O–H groups in total. The summed E-state index contributed by atoms with van der Waals surface area (Å²) in [5, 5.41) is 1.21. The van der Waals surface area contributed by atoms with Gasteiger partial charge >= 0.3 is 0 Å². The van der Waals surface area contributed by atoms with Crippen LogP contribution in [0.15, 0.2) is 36.7 Å². The van der Waals surface area contributed by atoms with Crippen LogP contribution in [0.25, 0.3) is 10.2 Å². The molecule has 0 aliphatic carbocycles. The van der Waals surface area contributed by atoms with Crippen molar-refractivity contribution in [2.24, 2.45) is 0 Å². The van der Waals surface area contributed by atoms with E-state index in [-0.39, 0.29) is 0 Å². The van der Waals surface area contributed by atoms with E-state index in [1.807, 2.05) is 0 Å². The van der Waals surface area contributed by atoms with Gasteiger partial charge in [-0.2, -0.15) is 0 Å². The van der Waals surface area contributed by atoms with E-state index in [1.54, 1.807) is 17.7 Å². The number of benzene rings is 1. The number of aromatic nitrogens is 2. The quantitative estimate of drug-likeness (QED) is 0.725. The predicted octanol–water partition coefficient (Wildman–Crippen LogP) is 3.89. The summed E-state index contributed by atoms with van der Waals surface area (Å²) in [6, 6.07) is 10.9. The van der Waals surface area contributed by atoms with Gasteiger partial charge in [0.25, 0.3) is 0 Å². The number of hydrogen-bond donors (Lipinski definition) is 0. The largest absolute Gasteiger partial charge is 0.368 e. The fraction of sp³-hybridized carbons (Fsp3) is 0.368. The molecule has 0 bridgehead atoms. The number of fused-ring (bicyclic) bond motifs is 1. The highest BCUT2D eigenvalue weighted by Gasteiger charge is 2.21. The van der Waals surface area contributed by atoms with E-state index in [0.717, 1.165) is 43.2 Å². The molecular formula is C19H22N4S. The molecule has 2 aromatic heterocycles. The third-order valence-electron chi connectivity index (χ3n) is 4.74. The summed E-state index contributed by atoms with van der Waals surface area (Å²) in [4.78, 5) is 16.4. The molecule has 1 aliphatic rings. The molecular weight excluding hydrogens is 316 g/mol. The molecule has 0 amide bonds. The maximum absolute atomic E-state index is 4.60. The minimum absolute atomic E-state index is 0.998. The molecule has 1 aliphatic heterocycles. The topological polar surface area (TPSA) is 32.3 Å². The standard InChI is InChI=1S/C19H22N4S/c1-3-15-12-16-18(20-13-21-19(16)24-15)23-10-8-22(9-11-23)17-7-5-4-6-14(17)2/h4-7,12-13H,3,8-11H2,1-2H3. The minimum Gasteiger partial charge on any atom is -0.368 e. The summed E-state index contributed by atoms with van der Waals surface area (Å²) in [6.45, 7) is 8.43. The van der Waals surface area contributed by atoms with Crippen LogP contribution in [0.4, 0.5) is 11.5 Å². The first kappa shape index (κ1) is 15.4. The fourth-order valence-corrected chi connectivity index (χ4v) is 4.33. The summed E-state index contributed by atoms with van der Waals surface area (Å²) in [5.74, 6) is 1.10. The van der Waals surface area contributed by atoms with Crippen molar-refractivity contribution in [3.05, 3.63) is 47.1 Å². The summed E-state index contributed by atoms with van der Waals surface area (Å²) in [7, 11) is 0.